The second-order valence-corrected chi connectivity index (χ2v) is 5.76. The van der Waals surface area contributed by atoms with Crippen LogP contribution in [0, 0.1) is 6.92 Å². The van der Waals surface area contributed by atoms with Gasteiger partial charge in [-0.15, -0.1) is 0 Å². The summed E-state index contributed by atoms with van der Waals surface area (Å²) in [5, 5.41) is 5.94. The summed E-state index contributed by atoms with van der Waals surface area (Å²) in [6.45, 7) is 2.53. The molecule has 6 heteroatoms. The number of hydrogen-bond donors (Lipinski definition) is 2. The molecule has 0 bridgehead atoms. The Bertz CT molecular complexity index is 834. The normalized spacial score (nSPS) is 10.2. The van der Waals surface area contributed by atoms with Gasteiger partial charge in [-0.05, 0) is 43.3 Å². The summed E-state index contributed by atoms with van der Waals surface area (Å²) in [4.78, 5) is 20.5. The van der Waals surface area contributed by atoms with Crippen LogP contribution in [0.15, 0.2) is 67.0 Å². The standard InChI is InChI=1S/C20H20N4O2/c1-15-5-8-18(9-6-15)26-14-20(25)24-17-7-10-19(23-13-17)22-12-16-4-2-3-11-21-16/h2-11,13H,12,14H2,1H3,(H,22,23)(H,24,25). The molecule has 0 saturated heterocycles. The topological polar surface area (TPSA) is 76.1 Å². The molecular weight excluding hydrogens is 328 g/mol. The number of nitrogens with one attached hydrogen (secondary N) is 2. The quantitative estimate of drug-likeness (QED) is 0.684. The van der Waals surface area contributed by atoms with Crippen molar-refractivity contribution in [1.29, 1.82) is 0 Å². The number of aromatic nitrogens is 2. The van der Waals surface area contributed by atoms with Gasteiger partial charge in [-0.1, -0.05) is 23.8 Å². The van der Waals surface area contributed by atoms with E-state index in [9.17, 15) is 4.79 Å². The van der Waals surface area contributed by atoms with Crippen molar-refractivity contribution in [2.24, 2.45) is 0 Å². The minimum absolute atomic E-state index is 0.0528. The van der Waals surface area contributed by atoms with E-state index >= 15 is 0 Å². The maximum absolute atomic E-state index is 12.0. The van der Waals surface area contributed by atoms with Crippen LogP contribution in [0.2, 0.25) is 0 Å². The fourth-order valence-electron chi connectivity index (χ4n) is 2.24. The Morgan fingerprint density at radius 3 is 2.58 bits per heavy atom. The zero-order chi connectivity index (χ0) is 18.2. The molecule has 1 amide bonds. The molecule has 26 heavy (non-hydrogen) atoms. The van der Waals surface area contributed by atoms with Crippen molar-refractivity contribution < 1.29 is 9.53 Å². The van der Waals surface area contributed by atoms with Crippen LogP contribution in [-0.4, -0.2) is 22.5 Å². The summed E-state index contributed by atoms with van der Waals surface area (Å²) >= 11 is 0. The molecule has 0 aliphatic carbocycles. The summed E-state index contributed by atoms with van der Waals surface area (Å²) in [6.07, 6.45) is 3.35. The maximum atomic E-state index is 12.0. The first-order valence-corrected chi connectivity index (χ1v) is 8.28. The molecule has 0 unspecified atom stereocenters. The zero-order valence-electron chi connectivity index (χ0n) is 14.5. The van der Waals surface area contributed by atoms with E-state index in [1.165, 1.54) is 0 Å². The first-order chi connectivity index (χ1) is 12.7. The average Bonchev–Trinajstić information content (AvgIpc) is 2.68. The largest absolute Gasteiger partial charge is 0.484 e. The Balaban J connectivity index is 1.45. The summed E-state index contributed by atoms with van der Waals surface area (Å²) in [7, 11) is 0. The van der Waals surface area contributed by atoms with Crippen LogP contribution in [0.25, 0.3) is 0 Å². The van der Waals surface area contributed by atoms with E-state index in [4.69, 9.17) is 4.74 Å². The minimum atomic E-state index is -0.235. The molecule has 2 aromatic heterocycles. The number of carbonyl (C=O) groups excluding carboxylic acids is 1. The molecule has 0 aliphatic rings. The Kier molecular flexibility index (Phi) is 5.77. The summed E-state index contributed by atoms with van der Waals surface area (Å²) in [5.74, 6) is 1.14. The van der Waals surface area contributed by atoms with Gasteiger partial charge in [0.15, 0.2) is 6.61 Å². The number of benzene rings is 1. The van der Waals surface area contributed by atoms with E-state index in [1.54, 1.807) is 24.5 Å². The van der Waals surface area contributed by atoms with E-state index in [-0.39, 0.29) is 12.5 Å². The molecule has 132 valence electrons. The lowest BCUT2D eigenvalue weighted by atomic mass is 10.2. The Morgan fingerprint density at radius 2 is 1.88 bits per heavy atom. The van der Waals surface area contributed by atoms with Crippen molar-refractivity contribution in [3.8, 4) is 5.75 Å². The van der Waals surface area contributed by atoms with Gasteiger partial charge in [0.25, 0.3) is 5.91 Å². The number of nitrogens with zero attached hydrogens (tertiary/aromatic N) is 2. The van der Waals surface area contributed by atoms with Gasteiger partial charge in [-0.3, -0.25) is 9.78 Å². The van der Waals surface area contributed by atoms with Crippen molar-refractivity contribution in [3.63, 3.8) is 0 Å². The monoisotopic (exact) mass is 348 g/mol. The van der Waals surface area contributed by atoms with Crippen LogP contribution in [0.1, 0.15) is 11.3 Å². The van der Waals surface area contributed by atoms with Gasteiger partial charge >= 0.3 is 0 Å². The van der Waals surface area contributed by atoms with E-state index in [0.29, 0.717) is 23.8 Å². The number of ether oxygens (including phenoxy) is 1. The lowest BCUT2D eigenvalue weighted by molar-refractivity contribution is -0.118. The molecule has 3 rings (SSSR count). The molecule has 0 radical (unpaired) electrons. The summed E-state index contributed by atoms with van der Waals surface area (Å²) in [6, 6.07) is 16.9. The van der Waals surface area contributed by atoms with E-state index < -0.39 is 0 Å². The minimum Gasteiger partial charge on any atom is -0.484 e. The third-order valence-corrected chi connectivity index (χ3v) is 3.61. The van der Waals surface area contributed by atoms with E-state index in [1.807, 2.05) is 49.4 Å². The van der Waals surface area contributed by atoms with E-state index in [2.05, 4.69) is 20.6 Å². The molecule has 1 aromatic carbocycles. The second-order valence-electron chi connectivity index (χ2n) is 5.76. The van der Waals surface area contributed by atoms with Gasteiger partial charge in [0.1, 0.15) is 11.6 Å². The number of pyridine rings is 2. The van der Waals surface area contributed by atoms with Gasteiger partial charge in [-0.2, -0.15) is 0 Å². The smallest absolute Gasteiger partial charge is 0.262 e. The van der Waals surface area contributed by atoms with Crippen LogP contribution in [0.5, 0.6) is 5.75 Å². The third-order valence-electron chi connectivity index (χ3n) is 3.61. The molecule has 0 saturated carbocycles. The Hall–Kier alpha value is -3.41. The van der Waals surface area contributed by atoms with Gasteiger partial charge in [0.05, 0.1) is 24.1 Å². The first-order valence-electron chi connectivity index (χ1n) is 8.28. The van der Waals surface area contributed by atoms with Crippen molar-refractivity contribution in [2.45, 2.75) is 13.5 Å². The molecule has 3 aromatic rings. The molecule has 6 nitrogen and oxygen atoms in total. The SMILES string of the molecule is Cc1ccc(OCC(=O)Nc2ccc(NCc3ccccn3)nc2)cc1. The number of carbonyl (C=O) groups is 1. The van der Waals surface area contributed by atoms with Crippen LogP contribution in [0.4, 0.5) is 11.5 Å². The summed E-state index contributed by atoms with van der Waals surface area (Å²) in [5.41, 5.74) is 2.69. The first kappa shape index (κ1) is 17.4. The second kappa shape index (κ2) is 8.62. The highest BCUT2D eigenvalue weighted by Gasteiger charge is 2.04. The summed E-state index contributed by atoms with van der Waals surface area (Å²) < 4.78 is 5.45. The maximum Gasteiger partial charge on any atom is 0.262 e. The third kappa shape index (κ3) is 5.31. The highest BCUT2D eigenvalue weighted by atomic mass is 16.5. The number of anilines is 2. The highest BCUT2D eigenvalue weighted by Crippen LogP contribution is 2.13. The van der Waals surface area contributed by atoms with Crippen molar-refractivity contribution in [2.75, 3.05) is 17.2 Å². The number of rotatable bonds is 7. The molecule has 0 aliphatic heterocycles. The van der Waals surface area contributed by atoms with Gasteiger partial charge in [0, 0.05) is 6.20 Å². The fraction of sp³-hybridized carbons (Fsp3) is 0.150. The Morgan fingerprint density at radius 1 is 1.04 bits per heavy atom. The van der Waals surface area contributed by atoms with E-state index in [0.717, 1.165) is 11.3 Å². The fourth-order valence-corrected chi connectivity index (χ4v) is 2.24. The van der Waals surface area contributed by atoms with Gasteiger partial charge in [-0.25, -0.2) is 4.98 Å². The predicted molar refractivity (Wildman–Crippen MR) is 101 cm³/mol. The van der Waals surface area contributed by atoms with Crippen molar-refractivity contribution in [1.82, 2.24) is 9.97 Å². The molecular formula is C20H20N4O2. The van der Waals surface area contributed by atoms with Crippen molar-refractivity contribution >= 4 is 17.4 Å². The zero-order valence-corrected chi connectivity index (χ0v) is 14.5. The lowest BCUT2D eigenvalue weighted by Gasteiger charge is -2.09. The molecule has 0 atom stereocenters. The van der Waals surface area contributed by atoms with Crippen LogP contribution >= 0.6 is 0 Å². The van der Waals surface area contributed by atoms with Crippen LogP contribution in [0.3, 0.4) is 0 Å². The predicted octanol–water partition coefficient (Wildman–Crippen LogP) is 3.41. The average molecular weight is 348 g/mol. The molecule has 0 spiro atoms. The Labute approximate surface area is 152 Å². The number of hydrogen-bond acceptors (Lipinski definition) is 5. The van der Waals surface area contributed by atoms with Gasteiger partial charge < -0.3 is 15.4 Å². The highest BCUT2D eigenvalue weighted by molar-refractivity contribution is 5.91. The van der Waals surface area contributed by atoms with Crippen molar-refractivity contribution in [3.05, 3.63) is 78.2 Å². The number of aryl methyl sites for hydroxylation is 1. The van der Waals surface area contributed by atoms with Crippen LogP contribution < -0.4 is 15.4 Å². The van der Waals surface area contributed by atoms with Crippen LogP contribution in [-0.2, 0) is 11.3 Å². The molecule has 2 N–H and O–H groups in total. The molecule has 2 heterocycles. The molecule has 0 fully saturated rings. The number of amides is 1. The lowest BCUT2D eigenvalue weighted by Crippen LogP contribution is -2.20. The van der Waals surface area contributed by atoms with Gasteiger partial charge in [0.2, 0.25) is 0 Å².